The van der Waals surface area contributed by atoms with Crippen molar-refractivity contribution < 1.29 is 13.5 Å². The summed E-state index contributed by atoms with van der Waals surface area (Å²) in [6, 6.07) is 9.20. The number of halogens is 3. The van der Waals surface area contributed by atoms with Gasteiger partial charge < -0.3 is 25.2 Å². The molecule has 0 unspecified atom stereocenters. The number of pyridine rings is 1. The Kier molecular flexibility index (Phi) is 11.0. The SMILES string of the molecule is CCN1CCN(c2cc(CNC(=NC)NCc3cc(C)ccc3OC(F)F)ccn2)CC1.I. The van der Waals surface area contributed by atoms with Gasteiger partial charge in [0.05, 0.1) is 0 Å². The Morgan fingerprint density at radius 3 is 2.52 bits per heavy atom. The fourth-order valence-corrected chi connectivity index (χ4v) is 3.68. The quantitative estimate of drug-likeness (QED) is 0.286. The van der Waals surface area contributed by atoms with Crippen LogP contribution >= 0.6 is 24.0 Å². The molecule has 2 N–H and O–H groups in total. The van der Waals surface area contributed by atoms with Crippen molar-refractivity contribution in [2.45, 2.75) is 33.5 Å². The Morgan fingerprint density at radius 2 is 1.85 bits per heavy atom. The summed E-state index contributed by atoms with van der Waals surface area (Å²) in [5.74, 6) is 1.72. The van der Waals surface area contributed by atoms with E-state index in [-0.39, 0.29) is 29.7 Å². The maximum absolute atomic E-state index is 12.7. The molecular formula is C23H33F2IN6O. The molecule has 1 aliphatic rings. The first-order chi connectivity index (χ1) is 15.5. The first kappa shape index (κ1) is 27.0. The van der Waals surface area contributed by atoms with E-state index in [9.17, 15) is 8.78 Å². The van der Waals surface area contributed by atoms with Gasteiger partial charge in [0.1, 0.15) is 11.6 Å². The average Bonchev–Trinajstić information content (AvgIpc) is 2.80. The predicted octanol–water partition coefficient (Wildman–Crippen LogP) is 3.62. The van der Waals surface area contributed by atoms with Crippen molar-refractivity contribution in [1.29, 1.82) is 0 Å². The molecule has 1 aliphatic heterocycles. The van der Waals surface area contributed by atoms with Crippen molar-refractivity contribution in [3.8, 4) is 5.75 Å². The molecule has 1 saturated heterocycles. The van der Waals surface area contributed by atoms with Crippen LogP contribution in [0, 0.1) is 6.92 Å². The van der Waals surface area contributed by atoms with Crippen LogP contribution in [0.5, 0.6) is 5.75 Å². The average molecular weight is 574 g/mol. The lowest BCUT2D eigenvalue weighted by Crippen LogP contribution is -2.46. The van der Waals surface area contributed by atoms with Crippen LogP contribution in [0.1, 0.15) is 23.6 Å². The van der Waals surface area contributed by atoms with Gasteiger partial charge in [-0.25, -0.2) is 4.98 Å². The largest absolute Gasteiger partial charge is 0.434 e. The molecule has 2 aromatic rings. The molecule has 33 heavy (non-hydrogen) atoms. The van der Waals surface area contributed by atoms with Gasteiger partial charge in [0.15, 0.2) is 5.96 Å². The van der Waals surface area contributed by atoms with Crippen LogP contribution in [0.2, 0.25) is 0 Å². The lowest BCUT2D eigenvalue weighted by molar-refractivity contribution is -0.0504. The number of aryl methyl sites for hydroxylation is 1. The van der Waals surface area contributed by atoms with Gasteiger partial charge in [0.2, 0.25) is 0 Å². The first-order valence-corrected chi connectivity index (χ1v) is 10.9. The molecule has 182 valence electrons. The third-order valence-corrected chi connectivity index (χ3v) is 5.52. The molecule has 0 atom stereocenters. The number of rotatable bonds is 8. The molecule has 0 radical (unpaired) electrons. The minimum atomic E-state index is -2.86. The second kappa shape index (κ2) is 13.5. The number of nitrogens with one attached hydrogen (secondary N) is 2. The van der Waals surface area contributed by atoms with Crippen molar-refractivity contribution >= 4 is 35.8 Å². The van der Waals surface area contributed by atoms with Gasteiger partial charge in [-0.3, -0.25) is 4.99 Å². The number of anilines is 1. The summed E-state index contributed by atoms with van der Waals surface area (Å²) in [5.41, 5.74) is 2.70. The number of aromatic nitrogens is 1. The van der Waals surface area contributed by atoms with Gasteiger partial charge in [-0.15, -0.1) is 24.0 Å². The molecule has 0 saturated carbocycles. The van der Waals surface area contributed by atoms with E-state index in [0.717, 1.165) is 49.7 Å². The molecule has 1 aromatic carbocycles. The number of benzene rings is 1. The number of nitrogens with zero attached hydrogens (tertiary/aromatic N) is 4. The number of aliphatic imine (C=N–C) groups is 1. The maximum Gasteiger partial charge on any atom is 0.387 e. The Balaban J connectivity index is 0.00000385. The van der Waals surface area contributed by atoms with Crippen LogP contribution in [0.25, 0.3) is 0 Å². The van der Waals surface area contributed by atoms with Gasteiger partial charge in [-0.2, -0.15) is 8.78 Å². The standard InChI is InChI=1S/C23H32F2N6O.HI/c1-4-30-9-11-31(12-10-30)21-14-18(7-8-27-21)15-28-23(26-3)29-16-19-13-17(2)5-6-20(19)32-22(24)25;/h5-8,13-14,22H,4,9-12,15-16H2,1-3H3,(H2,26,28,29);1H. The summed E-state index contributed by atoms with van der Waals surface area (Å²) in [7, 11) is 1.67. The van der Waals surface area contributed by atoms with E-state index in [1.165, 1.54) is 0 Å². The molecule has 1 aromatic heterocycles. The fraction of sp³-hybridized carbons (Fsp3) is 0.478. The minimum Gasteiger partial charge on any atom is -0.434 e. The highest BCUT2D eigenvalue weighted by molar-refractivity contribution is 14.0. The molecule has 0 aliphatic carbocycles. The number of hydrogen-bond donors (Lipinski definition) is 2. The number of likely N-dealkylation sites (N-methyl/N-ethyl adjacent to an activating group) is 1. The summed E-state index contributed by atoms with van der Waals surface area (Å²) in [4.78, 5) is 13.5. The lowest BCUT2D eigenvalue weighted by Gasteiger charge is -2.34. The second-order valence-corrected chi connectivity index (χ2v) is 7.71. The third-order valence-electron chi connectivity index (χ3n) is 5.52. The monoisotopic (exact) mass is 574 g/mol. The summed E-state index contributed by atoms with van der Waals surface area (Å²) < 4.78 is 30.0. The minimum absolute atomic E-state index is 0. The highest BCUT2D eigenvalue weighted by Crippen LogP contribution is 2.22. The van der Waals surface area contributed by atoms with Crippen LogP contribution in [0.3, 0.4) is 0 Å². The Bertz CT molecular complexity index is 906. The topological polar surface area (TPSA) is 65.0 Å². The lowest BCUT2D eigenvalue weighted by atomic mass is 10.1. The summed E-state index contributed by atoms with van der Waals surface area (Å²) in [6.45, 7) is 7.24. The van der Waals surface area contributed by atoms with E-state index in [4.69, 9.17) is 0 Å². The Hall–Kier alpha value is -2.21. The molecule has 2 heterocycles. The zero-order chi connectivity index (χ0) is 22.9. The van der Waals surface area contributed by atoms with Crippen molar-refractivity contribution in [3.05, 3.63) is 53.2 Å². The first-order valence-electron chi connectivity index (χ1n) is 10.9. The molecule has 0 amide bonds. The number of guanidine groups is 1. The highest BCUT2D eigenvalue weighted by Gasteiger charge is 2.17. The molecule has 0 spiro atoms. The summed E-state index contributed by atoms with van der Waals surface area (Å²) in [6.07, 6.45) is 1.83. The third kappa shape index (κ3) is 8.26. The highest BCUT2D eigenvalue weighted by atomic mass is 127. The molecular weight excluding hydrogens is 541 g/mol. The van der Waals surface area contributed by atoms with E-state index in [0.29, 0.717) is 24.6 Å². The van der Waals surface area contributed by atoms with E-state index >= 15 is 0 Å². The van der Waals surface area contributed by atoms with Crippen LogP contribution < -0.4 is 20.3 Å². The number of hydrogen-bond acceptors (Lipinski definition) is 5. The van der Waals surface area contributed by atoms with Crippen molar-refractivity contribution in [3.63, 3.8) is 0 Å². The molecule has 1 fully saturated rings. The van der Waals surface area contributed by atoms with Gasteiger partial charge in [-0.05, 0) is 37.2 Å². The van der Waals surface area contributed by atoms with Crippen molar-refractivity contribution in [1.82, 2.24) is 20.5 Å². The van der Waals surface area contributed by atoms with Gasteiger partial charge in [-0.1, -0.05) is 24.6 Å². The normalized spacial score (nSPS) is 14.7. The number of ether oxygens (including phenoxy) is 1. The van der Waals surface area contributed by atoms with Gasteiger partial charge in [0, 0.05) is 58.1 Å². The maximum atomic E-state index is 12.7. The fourth-order valence-electron chi connectivity index (χ4n) is 3.68. The number of alkyl halides is 2. The Morgan fingerprint density at radius 1 is 1.12 bits per heavy atom. The predicted molar refractivity (Wildman–Crippen MR) is 139 cm³/mol. The van der Waals surface area contributed by atoms with Crippen molar-refractivity contribution in [2.75, 3.05) is 44.7 Å². The van der Waals surface area contributed by atoms with Crippen LogP contribution in [-0.4, -0.2) is 62.2 Å². The summed E-state index contributed by atoms with van der Waals surface area (Å²) >= 11 is 0. The Labute approximate surface area is 211 Å². The van der Waals surface area contributed by atoms with E-state index in [1.807, 2.05) is 25.3 Å². The van der Waals surface area contributed by atoms with E-state index in [2.05, 4.69) is 48.1 Å². The van der Waals surface area contributed by atoms with E-state index in [1.54, 1.807) is 19.2 Å². The molecule has 10 heteroatoms. The van der Waals surface area contributed by atoms with E-state index < -0.39 is 6.61 Å². The molecule has 0 bridgehead atoms. The second-order valence-electron chi connectivity index (χ2n) is 7.71. The zero-order valence-corrected chi connectivity index (χ0v) is 21.7. The zero-order valence-electron chi connectivity index (χ0n) is 19.4. The molecule has 3 rings (SSSR count). The van der Waals surface area contributed by atoms with Crippen LogP contribution in [0.15, 0.2) is 41.5 Å². The smallest absolute Gasteiger partial charge is 0.387 e. The van der Waals surface area contributed by atoms with Crippen LogP contribution in [0.4, 0.5) is 14.6 Å². The number of piperazine rings is 1. The van der Waals surface area contributed by atoms with Crippen LogP contribution in [-0.2, 0) is 13.1 Å². The van der Waals surface area contributed by atoms with Gasteiger partial charge >= 0.3 is 6.61 Å². The summed E-state index contributed by atoms with van der Waals surface area (Å²) in [5, 5.41) is 6.44. The van der Waals surface area contributed by atoms with Crippen molar-refractivity contribution in [2.24, 2.45) is 4.99 Å². The van der Waals surface area contributed by atoms with Gasteiger partial charge in [0.25, 0.3) is 0 Å². The molecule has 7 nitrogen and oxygen atoms in total.